The Morgan fingerprint density at radius 2 is 1.75 bits per heavy atom. The second kappa shape index (κ2) is 9.08. The van der Waals surface area contributed by atoms with Crippen molar-refractivity contribution in [3.05, 3.63) is 89.1 Å². The van der Waals surface area contributed by atoms with Gasteiger partial charge in [0.05, 0.1) is 21.4 Å². The summed E-state index contributed by atoms with van der Waals surface area (Å²) < 4.78 is 54.4. The third-order valence-electron chi connectivity index (χ3n) is 5.43. The van der Waals surface area contributed by atoms with Crippen molar-refractivity contribution in [2.24, 2.45) is 0 Å². The van der Waals surface area contributed by atoms with Crippen LogP contribution in [0.15, 0.2) is 66.2 Å². The second-order valence-corrected chi connectivity index (χ2v) is 8.84. The summed E-state index contributed by atoms with van der Waals surface area (Å²) in [7, 11) is 0. The van der Waals surface area contributed by atoms with Crippen molar-refractivity contribution in [1.82, 2.24) is 15.0 Å². The number of imidazole rings is 1. The number of anilines is 3. The highest BCUT2D eigenvalue weighted by Gasteiger charge is 2.37. The number of thiazole rings is 1. The Balaban J connectivity index is 1.44. The van der Waals surface area contributed by atoms with Crippen molar-refractivity contribution < 1.29 is 22.4 Å². The van der Waals surface area contributed by atoms with E-state index in [0.29, 0.717) is 11.4 Å². The van der Waals surface area contributed by atoms with Gasteiger partial charge in [-0.25, -0.2) is 14.4 Å². The van der Waals surface area contributed by atoms with Crippen molar-refractivity contribution in [1.29, 1.82) is 0 Å². The molecule has 0 aliphatic carbocycles. The van der Waals surface area contributed by atoms with E-state index in [0.717, 1.165) is 33.6 Å². The highest BCUT2D eigenvalue weighted by Crippen LogP contribution is 2.32. The molecule has 0 spiro atoms. The van der Waals surface area contributed by atoms with Crippen LogP contribution in [-0.4, -0.2) is 20.9 Å². The number of carbonyl (C=O) groups excluding carboxylic acids is 1. The van der Waals surface area contributed by atoms with Crippen LogP contribution in [0.4, 0.5) is 34.6 Å². The van der Waals surface area contributed by atoms with Gasteiger partial charge in [0.1, 0.15) is 5.82 Å². The minimum absolute atomic E-state index is 0.165. The first kappa shape index (κ1) is 23.5. The highest BCUT2D eigenvalue weighted by molar-refractivity contribution is 7.16. The van der Waals surface area contributed by atoms with Gasteiger partial charge in [-0.15, -0.1) is 11.3 Å². The van der Waals surface area contributed by atoms with E-state index in [2.05, 4.69) is 25.6 Å². The molecule has 0 aliphatic heterocycles. The number of halogens is 4. The van der Waals surface area contributed by atoms with Gasteiger partial charge in [0.2, 0.25) is 5.82 Å². The number of hydrogen-bond acceptors (Lipinski definition) is 5. The van der Waals surface area contributed by atoms with Gasteiger partial charge in [-0.05, 0) is 67.1 Å². The third kappa shape index (κ3) is 4.78. The molecular formula is C25H17F4N5OS. The number of hydrogen-bond donors (Lipinski definition) is 3. The molecule has 1 amide bonds. The quantitative estimate of drug-likeness (QED) is 0.219. The van der Waals surface area contributed by atoms with Crippen LogP contribution in [0.1, 0.15) is 21.9 Å². The monoisotopic (exact) mass is 511 g/mol. The van der Waals surface area contributed by atoms with Gasteiger partial charge in [0.15, 0.2) is 5.69 Å². The summed E-state index contributed by atoms with van der Waals surface area (Å²) in [5.74, 6) is -2.73. The molecule has 2 heterocycles. The number of carbonyl (C=O) groups is 1. The number of aromatic nitrogens is 3. The Kier molecular flexibility index (Phi) is 5.92. The first-order valence-corrected chi connectivity index (χ1v) is 11.5. The fraction of sp³-hybridized carbons (Fsp3) is 0.0800. The van der Waals surface area contributed by atoms with E-state index in [1.165, 1.54) is 23.5 Å². The molecule has 0 saturated carbocycles. The Morgan fingerprint density at radius 1 is 1.00 bits per heavy atom. The number of aryl methyl sites for hydroxylation is 1. The number of fused-ring (bicyclic) bond motifs is 1. The average molecular weight is 512 g/mol. The molecule has 36 heavy (non-hydrogen) atoms. The predicted molar refractivity (Wildman–Crippen MR) is 131 cm³/mol. The molecule has 0 fully saturated rings. The van der Waals surface area contributed by atoms with E-state index in [1.54, 1.807) is 23.7 Å². The topological polar surface area (TPSA) is 82.7 Å². The maximum absolute atomic E-state index is 13.3. The maximum Gasteiger partial charge on any atom is 0.449 e. The second-order valence-electron chi connectivity index (χ2n) is 7.96. The average Bonchev–Trinajstić information content (AvgIpc) is 3.49. The number of benzene rings is 3. The van der Waals surface area contributed by atoms with Crippen LogP contribution < -0.4 is 10.6 Å². The summed E-state index contributed by atoms with van der Waals surface area (Å²) in [6.45, 7) is 1.88. The van der Waals surface area contributed by atoms with Crippen LogP contribution in [0, 0.1) is 12.7 Å². The number of amides is 1. The first-order chi connectivity index (χ1) is 17.2. The van der Waals surface area contributed by atoms with Gasteiger partial charge >= 0.3 is 6.18 Å². The predicted octanol–water partition coefficient (Wildman–Crippen LogP) is 7.15. The van der Waals surface area contributed by atoms with Gasteiger partial charge in [-0.2, -0.15) is 13.2 Å². The van der Waals surface area contributed by atoms with E-state index in [-0.39, 0.29) is 11.3 Å². The number of nitrogens with one attached hydrogen (secondary N) is 3. The van der Waals surface area contributed by atoms with Crippen LogP contribution in [-0.2, 0) is 6.18 Å². The number of rotatable bonds is 5. The molecule has 0 atom stereocenters. The summed E-state index contributed by atoms with van der Waals surface area (Å²) in [6, 6.07) is 15.5. The summed E-state index contributed by atoms with van der Waals surface area (Å²) in [5.41, 5.74) is 4.89. The van der Waals surface area contributed by atoms with Gasteiger partial charge < -0.3 is 15.6 Å². The lowest BCUT2D eigenvalue weighted by atomic mass is 10.1. The summed E-state index contributed by atoms with van der Waals surface area (Å²) in [5, 5.41) is 5.89. The zero-order valence-corrected chi connectivity index (χ0v) is 19.4. The zero-order chi connectivity index (χ0) is 25.4. The maximum atomic E-state index is 13.3. The fourth-order valence-corrected chi connectivity index (χ4v) is 4.27. The Bertz CT molecular complexity index is 1570. The molecule has 3 N–H and O–H groups in total. The smallest absolute Gasteiger partial charge is 0.355 e. The molecule has 5 aromatic rings. The SMILES string of the molecule is Cc1ccc(NC(=O)c2nc(C(F)(F)F)[nH]c2-c2ccc(F)cc2)cc1Nc1ccc2scnc2c1. The number of nitrogens with zero attached hydrogens (tertiary/aromatic N) is 2. The number of H-pyrrole nitrogens is 1. The molecule has 0 bridgehead atoms. The number of alkyl halides is 3. The fourth-order valence-electron chi connectivity index (χ4n) is 3.61. The van der Waals surface area contributed by atoms with Crippen LogP contribution in [0.3, 0.4) is 0 Å². The third-order valence-corrected chi connectivity index (χ3v) is 6.24. The van der Waals surface area contributed by atoms with Gasteiger partial charge in [-0.3, -0.25) is 4.79 Å². The Hall–Kier alpha value is -4.25. The van der Waals surface area contributed by atoms with Crippen LogP contribution >= 0.6 is 11.3 Å². The summed E-state index contributed by atoms with van der Waals surface area (Å²) in [4.78, 5) is 23.0. The lowest BCUT2D eigenvalue weighted by molar-refractivity contribution is -0.144. The molecule has 2 aromatic heterocycles. The van der Waals surface area contributed by atoms with Crippen molar-refractivity contribution in [2.45, 2.75) is 13.1 Å². The van der Waals surface area contributed by atoms with Gasteiger partial charge in [-0.1, -0.05) is 6.07 Å². The van der Waals surface area contributed by atoms with E-state index in [1.807, 2.05) is 25.1 Å². The molecule has 11 heteroatoms. The molecule has 5 rings (SSSR count). The van der Waals surface area contributed by atoms with Crippen molar-refractivity contribution in [3.8, 4) is 11.3 Å². The summed E-state index contributed by atoms with van der Waals surface area (Å²) in [6.07, 6.45) is -4.80. The first-order valence-electron chi connectivity index (χ1n) is 10.6. The van der Waals surface area contributed by atoms with Gasteiger partial charge in [0.25, 0.3) is 5.91 Å². The normalized spacial score (nSPS) is 11.6. The molecule has 3 aromatic carbocycles. The molecule has 0 radical (unpaired) electrons. The highest BCUT2D eigenvalue weighted by atomic mass is 32.1. The lowest BCUT2D eigenvalue weighted by Gasteiger charge is -2.12. The molecule has 182 valence electrons. The van der Waals surface area contributed by atoms with Crippen LogP contribution in [0.25, 0.3) is 21.5 Å². The van der Waals surface area contributed by atoms with Crippen LogP contribution in [0.5, 0.6) is 0 Å². The van der Waals surface area contributed by atoms with E-state index < -0.39 is 29.4 Å². The van der Waals surface area contributed by atoms with E-state index >= 15 is 0 Å². The van der Waals surface area contributed by atoms with Crippen molar-refractivity contribution >= 4 is 44.5 Å². The zero-order valence-electron chi connectivity index (χ0n) is 18.6. The number of aromatic amines is 1. The lowest BCUT2D eigenvalue weighted by Crippen LogP contribution is -2.14. The largest absolute Gasteiger partial charge is 0.449 e. The Labute approximate surface area is 206 Å². The minimum atomic E-state index is -4.80. The van der Waals surface area contributed by atoms with Crippen LogP contribution in [0.2, 0.25) is 0 Å². The molecular weight excluding hydrogens is 494 g/mol. The standard InChI is InChI=1S/C25H17F4N5OS/c1-13-2-7-17(10-18(13)31-16-8-9-20-19(11-16)30-12-36-20)32-23(35)22-21(14-3-5-15(26)6-4-14)33-24(34-22)25(27,28)29/h2-12,31H,1H3,(H,32,35)(H,33,34). The molecule has 0 aliphatic rings. The minimum Gasteiger partial charge on any atom is -0.355 e. The van der Waals surface area contributed by atoms with E-state index in [9.17, 15) is 22.4 Å². The van der Waals surface area contributed by atoms with Crippen molar-refractivity contribution in [2.75, 3.05) is 10.6 Å². The molecule has 0 unspecified atom stereocenters. The van der Waals surface area contributed by atoms with E-state index in [4.69, 9.17) is 0 Å². The van der Waals surface area contributed by atoms with Gasteiger partial charge in [0, 0.05) is 22.6 Å². The van der Waals surface area contributed by atoms with Crippen molar-refractivity contribution in [3.63, 3.8) is 0 Å². The summed E-state index contributed by atoms with van der Waals surface area (Å²) >= 11 is 1.53. The molecule has 6 nitrogen and oxygen atoms in total. The molecule has 0 saturated heterocycles. The Morgan fingerprint density at radius 3 is 2.50 bits per heavy atom.